The molecule has 4 heteroatoms. The van der Waals surface area contributed by atoms with Crippen LogP contribution in [0.2, 0.25) is 0 Å². The lowest BCUT2D eigenvalue weighted by Crippen LogP contribution is -2.41. The molecule has 0 aliphatic carbocycles. The van der Waals surface area contributed by atoms with Gasteiger partial charge in [0, 0.05) is 25.4 Å². The maximum absolute atomic E-state index is 11.7. The van der Waals surface area contributed by atoms with Crippen LogP contribution in [0.3, 0.4) is 0 Å². The van der Waals surface area contributed by atoms with Crippen molar-refractivity contribution in [1.29, 1.82) is 0 Å². The Morgan fingerprint density at radius 1 is 1.50 bits per heavy atom. The Bertz CT molecular complexity index is 436. The molecule has 14 heavy (non-hydrogen) atoms. The van der Waals surface area contributed by atoms with Crippen molar-refractivity contribution in [2.45, 2.75) is 19.4 Å². The molecule has 2 rings (SSSR count). The highest BCUT2D eigenvalue weighted by Gasteiger charge is 2.26. The second-order valence-electron chi connectivity index (χ2n) is 3.71. The third-order valence-corrected chi connectivity index (χ3v) is 2.74. The standard InChI is InChI=1S/C10H12N2O2/c1-6-3-7-4-9(13)11-5-8(7)10(14)12(6)2/h4-6H,3H2,1-2H3,(H,11,13). The monoisotopic (exact) mass is 192 g/mol. The van der Waals surface area contributed by atoms with Crippen molar-refractivity contribution >= 4 is 5.91 Å². The zero-order valence-electron chi connectivity index (χ0n) is 8.20. The molecule has 1 aromatic heterocycles. The number of fused-ring (bicyclic) bond motifs is 1. The number of carbonyl (C=O) groups excluding carboxylic acids is 1. The van der Waals surface area contributed by atoms with Gasteiger partial charge in [0.15, 0.2) is 0 Å². The van der Waals surface area contributed by atoms with Crippen molar-refractivity contribution in [2.75, 3.05) is 7.05 Å². The Morgan fingerprint density at radius 2 is 2.21 bits per heavy atom. The molecule has 1 N–H and O–H groups in total. The van der Waals surface area contributed by atoms with E-state index in [1.807, 2.05) is 6.92 Å². The molecule has 1 unspecified atom stereocenters. The topological polar surface area (TPSA) is 53.2 Å². The van der Waals surface area contributed by atoms with E-state index in [4.69, 9.17) is 0 Å². The molecule has 74 valence electrons. The maximum Gasteiger partial charge on any atom is 0.255 e. The van der Waals surface area contributed by atoms with Gasteiger partial charge in [-0.25, -0.2) is 0 Å². The molecule has 1 aromatic rings. The Kier molecular flexibility index (Phi) is 1.91. The number of amides is 1. The fourth-order valence-corrected chi connectivity index (χ4v) is 1.73. The molecule has 4 nitrogen and oxygen atoms in total. The first kappa shape index (κ1) is 8.99. The largest absolute Gasteiger partial charge is 0.339 e. The van der Waals surface area contributed by atoms with Gasteiger partial charge in [0.25, 0.3) is 5.91 Å². The molecule has 0 spiro atoms. The van der Waals surface area contributed by atoms with Crippen LogP contribution in [0.25, 0.3) is 0 Å². The lowest BCUT2D eigenvalue weighted by atomic mass is 9.96. The second kappa shape index (κ2) is 2.97. The van der Waals surface area contributed by atoms with Crippen LogP contribution in [-0.4, -0.2) is 28.9 Å². The van der Waals surface area contributed by atoms with Gasteiger partial charge in [-0.05, 0) is 18.9 Å². The number of nitrogens with one attached hydrogen (secondary N) is 1. The van der Waals surface area contributed by atoms with E-state index in [0.29, 0.717) is 5.56 Å². The van der Waals surface area contributed by atoms with Gasteiger partial charge < -0.3 is 9.88 Å². The molecule has 0 radical (unpaired) electrons. The highest BCUT2D eigenvalue weighted by atomic mass is 16.2. The lowest BCUT2D eigenvalue weighted by Gasteiger charge is -2.30. The number of aromatic amines is 1. The minimum absolute atomic E-state index is 0.0185. The average molecular weight is 192 g/mol. The Labute approximate surface area is 81.6 Å². The van der Waals surface area contributed by atoms with Crippen molar-refractivity contribution in [3.8, 4) is 0 Å². The second-order valence-corrected chi connectivity index (χ2v) is 3.71. The van der Waals surface area contributed by atoms with Crippen LogP contribution in [0.15, 0.2) is 17.1 Å². The number of rotatable bonds is 0. The van der Waals surface area contributed by atoms with Crippen molar-refractivity contribution in [3.63, 3.8) is 0 Å². The molecule has 0 saturated carbocycles. The number of pyridine rings is 1. The van der Waals surface area contributed by atoms with E-state index >= 15 is 0 Å². The van der Waals surface area contributed by atoms with E-state index in [-0.39, 0.29) is 17.5 Å². The average Bonchev–Trinajstić information content (AvgIpc) is 2.14. The molecule has 1 amide bonds. The molecule has 0 saturated heterocycles. The van der Waals surface area contributed by atoms with Gasteiger partial charge in [-0.3, -0.25) is 9.59 Å². The van der Waals surface area contributed by atoms with Gasteiger partial charge in [0.1, 0.15) is 0 Å². The van der Waals surface area contributed by atoms with E-state index in [1.54, 1.807) is 11.9 Å². The van der Waals surface area contributed by atoms with E-state index < -0.39 is 0 Å². The van der Waals surface area contributed by atoms with Crippen LogP contribution in [0, 0.1) is 0 Å². The van der Waals surface area contributed by atoms with Crippen LogP contribution in [0.5, 0.6) is 0 Å². The summed E-state index contributed by atoms with van der Waals surface area (Å²) in [6.45, 7) is 1.97. The number of hydrogen-bond donors (Lipinski definition) is 1. The van der Waals surface area contributed by atoms with Crippen LogP contribution >= 0.6 is 0 Å². The Hall–Kier alpha value is -1.58. The minimum Gasteiger partial charge on any atom is -0.339 e. The molecule has 1 aliphatic heterocycles. The van der Waals surface area contributed by atoms with Gasteiger partial charge in [-0.1, -0.05) is 0 Å². The summed E-state index contributed by atoms with van der Waals surface area (Å²) in [6.07, 6.45) is 2.25. The third-order valence-electron chi connectivity index (χ3n) is 2.74. The van der Waals surface area contributed by atoms with E-state index in [9.17, 15) is 9.59 Å². The summed E-state index contributed by atoms with van der Waals surface area (Å²) in [4.78, 5) is 27.0. The summed E-state index contributed by atoms with van der Waals surface area (Å²) in [5.74, 6) is -0.0185. The fraction of sp³-hybridized carbons (Fsp3) is 0.400. The lowest BCUT2D eigenvalue weighted by molar-refractivity contribution is 0.0720. The zero-order chi connectivity index (χ0) is 10.3. The van der Waals surface area contributed by atoms with Gasteiger partial charge in [0.2, 0.25) is 5.56 Å². The predicted octanol–water partition coefficient (Wildman–Crippen LogP) is 0.392. The Balaban J connectivity index is 2.56. The predicted molar refractivity (Wildman–Crippen MR) is 52.3 cm³/mol. The molecular formula is C10H12N2O2. The minimum atomic E-state index is -0.145. The summed E-state index contributed by atoms with van der Waals surface area (Å²) < 4.78 is 0. The summed E-state index contributed by atoms with van der Waals surface area (Å²) >= 11 is 0. The number of likely N-dealkylation sites (N-methyl/N-ethyl adjacent to an activating group) is 1. The summed E-state index contributed by atoms with van der Waals surface area (Å²) in [5.41, 5.74) is 1.32. The quantitative estimate of drug-likeness (QED) is 0.646. The van der Waals surface area contributed by atoms with Crippen LogP contribution in [0.1, 0.15) is 22.8 Å². The summed E-state index contributed by atoms with van der Waals surface area (Å²) in [7, 11) is 1.78. The number of H-pyrrole nitrogens is 1. The van der Waals surface area contributed by atoms with Gasteiger partial charge in [0.05, 0.1) is 5.56 Å². The summed E-state index contributed by atoms with van der Waals surface area (Å²) in [6, 6.07) is 1.67. The van der Waals surface area contributed by atoms with Gasteiger partial charge >= 0.3 is 0 Å². The fourth-order valence-electron chi connectivity index (χ4n) is 1.73. The van der Waals surface area contributed by atoms with Crippen molar-refractivity contribution in [1.82, 2.24) is 9.88 Å². The van der Waals surface area contributed by atoms with E-state index in [0.717, 1.165) is 12.0 Å². The SMILES string of the molecule is CC1Cc2cc(=O)[nH]cc2C(=O)N1C. The number of aromatic nitrogens is 1. The van der Waals surface area contributed by atoms with Crippen molar-refractivity contribution in [3.05, 3.63) is 33.7 Å². The number of nitrogens with zero attached hydrogens (tertiary/aromatic N) is 1. The molecular weight excluding hydrogens is 180 g/mol. The molecule has 0 aromatic carbocycles. The molecule has 2 heterocycles. The zero-order valence-corrected chi connectivity index (χ0v) is 8.20. The highest BCUT2D eigenvalue weighted by Crippen LogP contribution is 2.19. The van der Waals surface area contributed by atoms with Gasteiger partial charge in [-0.2, -0.15) is 0 Å². The first-order valence-corrected chi connectivity index (χ1v) is 4.58. The van der Waals surface area contributed by atoms with E-state index in [2.05, 4.69) is 4.98 Å². The van der Waals surface area contributed by atoms with Crippen molar-refractivity contribution in [2.24, 2.45) is 0 Å². The van der Waals surface area contributed by atoms with Crippen LogP contribution in [-0.2, 0) is 6.42 Å². The highest BCUT2D eigenvalue weighted by molar-refractivity contribution is 5.96. The van der Waals surface area contributed by atoms with Crippen LogP contribution in [0.4, 0.5) is 0 Å². The normalized spacial score (nSPS) is 20.9. The molecule has 0 bridgehead atoms. The maximum atomic E-state index is 11.7. The van der Waals surface area contributed by atoms with Crippen LogP contribution < -0.4 is 5.56 Å². The Morgan fingerprint density at radius 3 is 2.93 bits per heavy atom. The first-order valence-electron chi connectivity index (χ1n) is 4.58. The molecule has 1 aliphatic rings. The molecule has 0 fully saturated rings. The summed E-state index contributed by atoms with van der Waals surface area (Å²) in [5, 5.41) is 0. The molecule has 1 atom stereocenters. The smallest absolute Gasteiger partial charge is 0.255 e. The van der Waals surface area contributed by atoms with Gasteiger partial charge in [-0.15, -0.1) is 0 Å². The van der Waals surface area contributed by atoms with E-state index in [1.165, 1.54) is 12.3 Å². The number of carbonyl (C=O) groups is 1. The number of hydrogen-bond acceptors (Lipinski definition) is 2. The third kappa shape index (κ3) is 1.23. The first-order chi connectivity index (χ1) is 6.59. The van der Waals surface area contributed by atoms with Crippen molar-refractivity contribution < 1.29 is 4.79 Å².